The molecule has 0 saturated carbocycles. The summed E-state index contributed by atoms with van der Waals surface area (Å²) < 4.78 is 22.9. The van der Waals surface area contributed by atoms with Gasteiger partial charge < -0.3 is 33.3 Å². The van der Waals surface area contributed by atoms with Crippen molar-refractivity contribution in [2.75, 3.05) is 47.5 Å². The summed E-state index contributed by atoms with van der Waals surface area (Å²) in [5.41, 5.74) is 0. The van der Waals surface area contributed by atoms with Gasteiger partial charge in [0.2, 0.25) is 0 Å². The maximum absolute atomic E-state index is 13.0. The van der Waals surface area contributed by atoms with Crippen molar-refractivity contribution >= 4 is 17.9 Å². The lowest BCUT2D eigenvalue weighted by molar-refractivity contribution is -0.870. The van der Waals surface area contributed by atoms with Crippen molar-refractivity contribution in [3.63, 3.8) is 0 Å². The average molecular weight is 1460 g/mol. The molecule has 9 nitrogen and oxygen atoms in total. The minimum absolute atomic E-state index is 0.137. The van der Waals surface area contributed by atoms with Gasteiger partial charge in [-0.15, -0.1) is 0 Å². The summed E-state index contributed by atoms with van der Waals surface area (Å²) in [5.74, 6) is -2.31. The van der Waals surface area contributed by atoms with Gasteiger partial charge in [-0.2, -0.15) is 0 Å². The lowest BCUT2D eigenvalue weighted by atomic mass is 10.0. The Hall–Kier alpha value is -5.35. The van der Waals surface area contributed by atoms with Crippen LogP contribution in [0.15, 0.2) is 170 Å². The maximum Gasteiger partial charge on any atom is 0.306 e. The zero-order valence-corrected chi connectivity index (χ0v) is 68.5. The first-order valence-electron chi connectivity index (χ1n) is 43.3. The molecule has 598 valence electrons. The Morgan fingerprint density at radius 3 is 0.810 bits per heavy atom. The van der Waals surface area contributed by atoms with E-state index in [0.717, 1.165) is 135 Å². The second kappa shape index (κ2) is 84.3. The molecule has 2 unspecified atom stereocenters. The molecule has 0 rings (SSSR count). The highest BCUT2D eigenvalue weighted by molar-refractivity contribution is 5.70. The van der Waals surface area contributed by atoms with Crippen LogP contribution in [0.25, 0.3) is 0 Å². The number of ether oxygens (including phenoxy) is 4. The summed E-state index contributed by atoms with van der Waals surface area (Å²) in [5, 5.41) is 11.9. The average Bonchev–Trinajstić information content (AvgIpc) is 1.97. The third-order valence-electron chi connectivity index (χ3n) is 18.4. The molecule has 0 aromatic carbocycles. The number of hydrogen-bond donors (Lipinski definition) is 0. The highest BCUT2D eigenvalue weighted by atomic mass is 16.7. The van der Waals surface area contributed by atoms with Gasteiger partial charge >= 0.3 is 11.9 Å². The largest absolute Gasteiger partial charge is 0.545 e. The molecular weight excluding hydrogens is 1300 g/mol. The summed E-state index contributed by atoms with van der Waals surface area (Å²) in [7, 11) is 5.93. The van der Waals surface area contributed by atoms with Crippen molar-refractivity contribution < 1.29 is 42.9 Å². The van der Waals surface area contributed by atoms with E-state index in [9.17, 15) is 19.5 Å². The van der Waals surface area contributed by atoms with E-state index in [1.165, 1.54) is 193 Å². The van der Waals surface area contributed by atoms with Crippen LogP contribution in [0.5, 0.6) is 0 Å². The van der Waals surface area contributed by atoms with E-state index in [4.69, 9.17) is 18.9 Å². The molecule has 0 amide bonds. The van der Waals surface area contributed by atoms with Gasteiger partial charge in [0.05, 0.1) is 40.3 Å². The number of quaternary nitrogens is 1. The van der Waals surface area contributed by atoms with Crippen LogP contribution in [0, 0.1) is 0 Å². The standard InChI is InChI=1S/C96H161NO8/c1-6-8-10-12-14-16-18-20-22-24-26-28-30-32-34-36-38-40-42-44-46-47-49-50-52-54-56-58-60-62-64-66-68-70-72-74-76-78-80-82-84-86-93(98)103-90-92(91-104-96(95(100)101)102-89-88-97(3,4)5)105-94(99)87-85-83-81-79-77-75-73-71-69-67-65-63-61-59-57-55-53-51-48-45-43-41-39-37-35-33-31-29-27-25-23-21-19-17-15-13-11-9-7-2/h9,11,15,17-18,20-21,23-24,26-27,29-30,32-33,35,39,41,45,48,53,55,59,61,65,67,71,73,92,96H,6-8,10,12-14,16,19,22,25,28,31,34,36-38,40,42-44,46-47,49-52,54,56-58,60,62-64,66,68-70,72,74-91H2,1-5H3/b11-9-,17-15-,20-18-,23-21-,26-24-,29-27-,32-30-,35-33-,41-39-,48-45-,55-53-,61-59-,67-65-,73-71-. The van der Waals surface area contributed by atoms with Crippen molar-refractivity contribution in [2.45, 2.75) is 373 Å². The molecule has 0 heterocycles. The van der Waals surface area contributed by atoms with E-state index in [2.05, 4.69) is 184 Å². The van der Waals surface area contributed by atoms with Crippen molar-refractivity contribution in [2.24, 2.45) is 0 Å². The quantitative estimate of drug-likeness (QED) is 0.0195. The van der Waals surface area contributed by atoms with Crippen LogP contribution in [0.4, 0.5) is 0 Å². The third-order valence-corrected chi connectivity index (χ3v) is 18.4. The lowest BCUT2D eigenvalue weighted by Gasteiger charge is -2.26. The van der Waals surface area contributed by atoms with Gasteiger partial charge in [-0.1, -0.05) is 383 Å². The number of rotatable bonds is 79. The Labute approximate surface area is 647 Å². The zero-order valence-electron chi connectivity index (χ0n) is 68.5. The molecular formula is C96H161NO8. The van der Waals surface area contributed by atoms with Crippen LogP contribution in [0.1, 0.15) is 361 Å². The third kappa shape index (κ3) is 85.8. The summed E-state index contributed by atoms with van der Waals surface area (Å²) >= 11 is 0. The van der Waals surface area contributed by atoms with Crippen LogP contribution < -0.4 is 5.11 Å². The molecule has 0 N–H and O–H groups in total. The minimum atomic E-state index is -1.64. The highest BCUT2D eigenvalue weighted by Gasteiger charge is 2.22. The SMILES string of the molecule is CC/C=C\C/C=C\C/C=C\C/C=C\C/C=C\C/C=C\C/C=C\C/C=C\C/C=C\C/C=C\C/C=C\CCCCCCCC(=O)OC(COC(=O)CCCCCCCCCCCCCCCCCCCCCCCCCCCC/C=C\C/C=C\C/C=C\CCCCCCC)COC(OCC[N+](C)(C)C)C(=O)[O-]. The first-order valence-corrected chi connectivity index (χ1v) is 43.3. The molecule has 0 spiro atoms. The predicted molar refractivity (Wildman–Crippen MR) is 453 cm³/mol. The number of hydrogen-bond acceptors (Lipinski definition) is 8. The Morgan fingerprint density at radius 1 is 0.295 bits per heavy atom. The van der Waals surface area contributed by atoms with Crippen molar-refractivity contribution in [3.05, 3.63) is 170 Å². The zero-order chi connectivity index (χ0) is 76.0. The van der Waals surface area contributed by atoms with Crippen LogP contribution in [-0.2, 0) is 33.3 Å². The molecule has 0 aliphatic carbocycles. The van der Waals surface area contributed by atoms with Gasteiger partial charge in [0.25, 0.3) is 0 Å². The summed E-state index contributed by atoms with van der Waals surface area (Å²) in [6, 6.07) is 0. The van der Waals surface area contributed by atoms with E-state index in [-0.39, 0.29) is 38.6 Å². The molecule has 105 heavy (non-hydrogen) atoms. The molecule has 2 atom stereocenters. The number of carbonyl (C=O) groups excluding carboxylic acids is 3. The van der Waals surface area contributed by atoms with Crippen molar-refractivity contribution in [1.29, 1.82) is 0 Å². The monoisotopic (exact) mass is 1460 g/mol. The fourth-order valence-corrected chi connectivity index (χ4v) is 11.9. The summed E-state index contributed by atoms with van der Waals surface area (Å²) in [4.78, 5) is 37.7. The van der Waals surface area contributed by atoms with E-state index >= 15 is 0 Å². The van der Waals surface area contributed by atoms with Crippen LogP contribution in [0.2, 0.25) is 0 Å². The van der Waals surface area contributed by atoms with Gasteiger partial charge in [-0.05, 0) is 135 Å². The van der Waals surface area contributed by atoms with E-state index in [1.54, 1.807) is 0 Å². The second-order valence-corrected chi connectivity index (χ2v) is 29.7. The molecule has 0 aromatic rings. The van der Waals surface area contributed by atoms with E-state index < -0.39 is 24.3 Å². The van der Waals surface area contributed by atoms with Gasteiger partial charge in [0, 0.05) is 12.8 Å². The highest BCUT2D eigenvalue weighted by Crippen LogP contribution is 2.18. The molecule has 0 aliphatic rings. The Bertz CT molecular complexity index is 2350. The summed E-state index contributed by atoms with van der Waals surface area (Å²) in [6.45, 7) is 4.62. The maximum atomic E-state index is 13.0. The number of esters is 2. The summed E-state index contributed by atoms with van der Waals surface area (Å²) in [6.07, 6.45) is 124. The Balaban J connectivity index is 4.06. The van der Waals surface area contributed by atoms with Gasteiger partial charge in [-0.3, -0.25) is 9.59 Å². The van der Waals surface area contributed by atoms with Crippen LogP contribution in [0.3, 0.4) is 0 Å². The number of unbranched alkanes of at least 4 members (excludes halogenated alkanes) is 36. The Kier molecular flexibility index (Phi) is 80.0. The number of aliphatic carboxylic acids is 1. The van der Waals surface area contributed by atoms with Crippen molar-refractivity contribution in [3.8, 4) is 0 Å². The minimum Gasteiger partial charge on any atom is -0.545 e. The molecule has 0 saturated heterocycles. The normalized spacial score (nSPS) is 13.5. The number of allylic oxidation sites excluding steroid dienone is 28. The molecule has 0 fully saturated rings. The number of likely N-dealkylation sites (N-methyl/N-ethyl adjacent to an activating group) is 1. The Morgan fingerprint density at radius 2 is 0.543 bits per heavy atom. The van der Waals surface area contributed by atoms with Gasteiger partial charge in [0.15, 0.2) is 12.4 Å². The van der Waals surface area contributed by atoms with Gasteiger partial charge in [-0.25, -0.2) is 0 Å². The number of carboxylic acids is 1. The topological polar surface area (TPSA) is 111 Å². The predicted octanol–water partition coefficient (Wildman–Crippen LogP) is 27.1. The first kappa shape index (κ1) is 99.7. The fourth-order valence-electron chi connectivity index (χ4n) is 11.9. The van der Waals surface area contributed by atoms with Crippen LogP contribution in [-0.4, -0.2) is 82.3 Å². The molecule has 9 heteroatoms. The van der Waals surface area contributed by atoms with E-state index in [0.29, 0.717) is 17.4 Å². The number of carbonyl (C=O) groups is 3. The first-order chi connectivity index (χ1) is 51.6. The second-order valence-electron chi connectivity index (χ2n) is 29.7. The molecule has 0 aromatic heterocycles. The smallest absolute Gasteiger partial charge is 0.306 e. The van der Waals surface area contributed by atoms with Gasteiger partial charge in [0.1, 0.15) is 13.2 Å². The van der Waals surface area contributed by atoms with Crippen molar-refractivity contribution in [1.82, 2.24) is 0 Å². The molecule has 0 radical (unpaired) electrons. The number of nitrogens with zero attached hydrogens (tertiary/aromatic N) is 1. The fraction of sp³-hybridized carbons (Fsp3) is 0.677. The molecule has 0 aliphatic heterocycles. The van der Waals surface area contributed by atoms with E-state index in [1.807, 2.05) is 21.1 Å². The van der Waals surface area contributed by atoms with Crippen LogP contribution >= 0.6 is 0 Å². The molecule has 0 bridgehead atoms. The lowest BCUT2D eigenvalue weighted by Crippen LogP contribution is -2.44. The number of carboxylic acid groups (broad SMARTS) is 1.